The van der Waals surface area contributed by atoms with Crippen LogP contribution in [0.3, 0.4) is 0 Å². The number of nitrogens with one attached hydrogen (secondary N) is 1. The highest BCUT2D eigenvalue weighted by Crippen LogP contribution is 2.30. The van der Waals surface area contributed by atoms with Gasteiger partial charge in [0.2, 0.25) is 21.8 Å². The van der Waals surface area contributed by atoms with Gasteiger partial charge in [0.1, 0.15) is 11.8 Å². The molecule has 0 radical (unpaired) electrons. The zero-order chi connectivity index (χ0) is 31.2. The number of halogens is 1. The Bertz CT molecular complexity index is 1440. The van der Waals surface area contributed by atoms with Gasteiger partial charge in [0.25, 0.3) is 0 Å². The summed E-state index contributed by atoms with van der Waals surface area (Å²) in [5.41, 5.74) is 2.26. The van der Waals surface area contributed by atoms with Crippen LogP contribution >= 0.6 is 15.9 Å². The van der Waals surface area contributed by atoms with Crippen molar-refractivity contribution in [3.8, 4) is 5.75 Å². The van der Waals surface area contributed by atoms with Crippen molar-refractivity contribution >= 4 is 43.5 Å². The summed E-state index contributed by atoms with van der Waals surface area (Å²) in [6.07, 6.45) is 3.60. The monoisotopic (exact) mass is 671 g/mol. The summed E-state index contributed by atoms with van der Waals surface area (Å²) in [6.45, 7) is 5.14. The van der Waals surface area contributed by atoms with Crippen LogP contribution in [0.2, 0.25) is 0 Å². The lowest BCUT2D eigenvalue weighted by Gasteiger charge is -2.32. The van der Waals surface area contributed by atoms with Crippen LogP contribution in [0.1, 0.15) is 50.7 Å². The third kappa shape index (κ3) is 10.7. The summed E-state index contributed by atoms with van der Waals surface area (Å²) in [7, 11) is -3.65. The van der Waals surface area contributed by atoms with Gasteiger partial charge in [-0.25, -0.2) is 8.42 Å². The maximum absolute atomic E-state index is 14.0. The summed E-state index contributed by atoms with van der Waals surface area (Å²) in [5.74, 6) is 0.0341. The van der Waals surface area contributed by atoms with E-state index in [1.807, 2.05) is 61.5 Å². The molecular weight excluding hydrogens is 630 g/mol. The van der Waals surface area contributed by atoms with Crippen LogP contribution in [0.15, 0.2) is 83.3 Å². The number of para-hydroxylation sites is 2. The molecule has 0 saturated heterocycles. The van der Waals surface area contributed by atoms with Gasteiger partial charge in [-0.2, -0.15) is 0 Å². The van der Waals surface area contributed by atoms with Crippen molar-refractivity contribution in [1.29, 1.82) is 0 Å². The summed E-state index contributed by atoms with van der Waals surface area (Å²) in [5, 5.41) is 3.03. The minimum absolute atomic E-state index is 0.0599. The van der Waals surface area contributed by atoms with Gasteiger partial charge in [-0.05, 0) is 55.2 Å². The third-order valence-electron chi connectivity index (χ3n) is 6.93. The van der Waals surface area contributed by atoms with E-state index in [0.717, 1.165) is 34.7 Å². The molecule has 1 atom stereocenters. The van der Waals surface area contributed by atoms with E-state index in [1.165, 1.54) is 4.31 Å². The second kappa shape index (κ2) is 17.1. The number of rotatable bonds is 17. The van der Waals surface area contributed by atoms with Gasteiger partial charge in [-0.15, -0.1) is 0 Å². The number of hydrogen-bond donors (Lipinski definition) is 1. The summed E-state index contributed by atoms with van der Waals surface area (Å²) < 4.78 is 33.5. The number of nitrogens with zero attached hydrogens (tertiary/aromatic N) is 2. The van der Waals surface area contributed by atoms with Gasteiger partial charge in [0.15, 0.2) is 0 Å². The highest BCUT2D eigenvalue weighted by atomic mass is 79.9. The lowest BCUT2D eigenvalue weighted by molar-refractivity contribution is -0.141. The molecule has 0 saturated carbocycles. The topological polar surface area (TPSA) is 96.0 Å². The lowest BCUT2D eigenvalue weighted by atomic mass is 10.0. The Morgan fingerprint density at radius 3 is 2.30 bits per heavy atom. The maximum Gasteiger partial charge on any atom is 0.243 e. The van der Waals surface area contributed by atoms with Crippen LogP contribution in [0.5, 0.6) is 5.75 Å². The molecule has 0 spiro atoms. The fourth-order valence-electron chi connectivity index (χ4n) is 4.82. The molecule has 0 aliphatic rings. The minimum atomic E-state index is -3.65. The molecule has 0 bridgehead atoms. The standard InChI is InChI=1S/C33H42BrN3O5S/c1-4-6-21-35-33(39)30(24-26-14-8-7-9-15-26)36(25-27-16-12-17-28(34)23-27)32(38)20-13-22-37(43(3,40)41)29-18-10-11-19-31(29)42-5-2/h7-12,14-19,23,30H,4-6,13,20-22,24-25H2,1-3H3,(H,35,39)/t30-/m1/s1. The Hall–Kier alpha value is -3.37. The molecule has 3 aromatic rings. The number of sulfonamides is 1. The number of anilines is 1. The molecule has 232 valence electrons. The molecule has 3 aromatic carbocycles. The Labute approximate surface area is 264 Å². The second-order valence-electron chi connectivity index (χ2n) is 10.3. The molecular formula is C33H42BrN3O5S. The molecule has 43 heavy (non-hydrogen) atoms. The molecule has 0 aromatic heterocycles. The third-order valence-corrected chi connectivity index (χ3v) is 8.60. The number of amides is 2. The molecule has 3 rings (SSSR count). The first-order valence-electron chi connectivity index (χ1n) is 14.7. The van der Waals surface area contributed by atoms with Crippen molar-refractivity contribution < 1.29 is 22.7 Å². The molecule has 0 fully saturated rings. The zero-order valence-corrected chi connectivity index (χ0v) is 27.6. The number of carbonyl (C=O) groups is 2. The number of hydrogen-bond acceptors (Lipinski definition) is 5. The van der Waals surface area contributed by atoms with Crippen LogP contribution in [-0.2, 0) is 32.6 Å². The fourth-order valence-corrected chi connectivity index (χ4v) is 6.23. The second-order valence-corrected chi connectivity index (χ2v) is 13.2. The Morgan fingerprint density at radius 2 is 1.63 bits per heavy atom. The quantitative estimate of drug-likeness (QED) is 0.179. The first kappa shape index (κ1) is 34.1. The van der Waals surface area contributed by atoms with Gasteiger partial charge in [0, 0.05) is 36.9 Å². The van der Waals surface area contributed by atoms with E-state index in [0.29, 0.717) is 31.0 Å². The first-order valence-corrected chi connectivity index (χ1v) is 17.3. The summed E-state index contributed by atoms with van der Waals surface area (Å²) >= 11 is 3.51. The van der Waals surface area contributed by atoms with Crippen molar-refractivity contribution in [3.63, 3.8) is 0 Å². The molecule has 1 N–H and O–H groups in total. The smallest absolute Gasteiger partial charge is 0.243 e. The van der Waals surface area contributed by atoms with Crippen LogP contribution in [0, 0.1) is 0 Å². The van der Waals surface area contributed by atoms with Crippen molar-refractivity contribution in [2.75, 3.05) is 30.3 Å². The summed E-state index contributed by atoms with van der Waals surface area (Å²) in [4.78, 5) is 29.2. The van der Waals surface area contributed by atoms with Gasteiger partial charge in [-0.3, -0.25) is 13.9 Å². The van der Waals surface area contributed by atoms with E-state index >= 15 is 0 Å². The van der Waals surface area contributed by atoms with Crippen LogP contribution < -0.4 is 14.4 Å². The van der Waals surface area contributed by atoms with Gasteiger partial charge < -0.3 is 15.0 Å². The minimum Gasteiger partial charge on any atom is -0.492 e. The molecule has 0 unspecified atom stereocenters. The predicted octanol–water partition coefficient (Wildman–Crippen LogP) is 5.95. The number of unbranched alkanes of at least 4 members (excludes halogenated alkanes) is 1. The number of ether oxygens (including phenoxy) is 1. The van der Waals surface area contributed by atoms with Crippen molar-refractivity contribution in [2.45, 2.75) is 58.5 Å². The molecule has 0 aliphatic heterocycles. The number of benzene rings is 3. The average Bonchev–Trinajstić information content (AvgIpc) is 2.97. The average molecular weight is 673 g/mol. The van der Waals surface area contributed by atoms with Crippen molar-refractivity contribution in [2.24, 2.45) is 0 Å². The van der Waals surface area contributed by atoms with Crippen molar-refractivity contribution in [3.05, 3.63) is 94.5 Å². The lowest BCUT2D eigenvalue weighted by Crippen LogP contribution is -2.50. The van der Waals surface area contributed by atoms with E-state index in [9.17, 15) is 18.0 Å². The molecule has 0 aliphatic carbocycles. The van der Waals surface area contributed by atoms with Gasteiger partial charge in [0.05, 0.1) is 18.6 Å². The summed E-state index contributed by atoms with van der Waals surface area (Å²) in [6, 6.07) is 23.6. The molecule has 10 heteroatoms. The van der Waals surface area contributed by atoms with E-state index in [-0.39, 0.29) is 37.7 Å². The van der Waals surface area contributed by atoms with E-state index in [4.69, 9.17) is 4.74 Å². The first-order chi connectivity index (χ1) is 20.6. The normalized spacial score (nSPS) is 11.9. The van der Waals surface area contributed by atoms with Crippen molar-refractivity contribution in [1.82, 2.24) is 10.2 Å². The maximum atomic E-state index is 14.0. The highest BCUT2D eigenvalue weighted by molar-refractivity contribution is 9.10. The SMILES string of the molecule is CCCCNC(=O)[C@@H](Cc1ccccc1)N(Cc1cccc(Br)c1)C(=O)CCCN(c1ccccc1OCC)S(C)(=O)=O. The van der Waals surface area contributed by atoms with Crippen LogP contribution in [0.4, 0.5) is 5.69 Å². The van der Waals surface area contributed by atoms with Crippen LogP contribution in [-0.4, -0.2) is 57.1 Å². The highest BCUT2D eigenvalue weighted by Gasteiger charge is 2.30. The van der Waals surface area contributed by atoms with E-state index in [2.05, 4.69) is 28.2 Å². The molecule has 8 nitrogen and oxygen atoms in total. The Kier molecular flexibility index (Phi) is 13.5. The predicted molar refractivity (Wildman–Crippen MR) is 176 cm³/mol. The van der Waals surface area contributed by atoms with E-state index in [1.54, 1.807) is 29.2 Å². The molecule has 2 amide bonds. The Balaban J connectivity index is 1.89. The molecule has 0 heterocycles. The zero-order valence-electron chi connectivity index (χ0n) is 25.2. The van der Waals surface area contributed by atoms with E-state index < -0.39 is 16.1 Å². The fraction of sp³-hybridized carbons (Fsp3) is 0.394. The Morgan fingerprint density at radius 1 is 0.930 bits per heavy atom. The van der Waals surface area contributed by atoms with Gasteiger partial charge >= 0.3 is 0 Å². The van der Waals surface area contributed by atoms with Crippen LogP contribution in [0.25, 0.3) is 0 Å². The largest absolute Gasteiger partial charge is 0.492 e. The number of carbonyl (C=O) groups excluding carboxylic acids is 2. The van der Waals surface area contributed by atoms with Gasteiger partial charge in [-0.1, -0.05) is 83.9 Å².